The number of hydrogen-bond donors (Lipinski definition) is 0. The first-order chi connectivity index (χ1) is 14.4. The third kappa shape index (κ3) is 4.12. The fourth-order valence-electron chi connectivity index (χ4n) is 3.30. The van der Waals surface area contributed by atoms with Crippen molar-refractivity contribution < 1.29 is 18.7 Å². The average molecular weight is 425 g/mol. The number of rotatable bonds is 5. The smallest absolute Gasteiger partial charge is 0.340 e. The van der Waals surface area contributed by atoms with Crippen molar-refractivity contribution >= 4 is 17.6 Å². The first-order valence-corrected chi connectivity index (χ1v) is 9.37. The number of halogens is 2. The molecule has 1 heterocycles. The summed E-state index contributed by atoms with van der Waals surface area (Å²) >= 11 is 6.28. The number of carbonyl (C=O) groups excluding carboxylic acids is 1. The van der Waals surface area contributed by atoms with Gasteiger partial charge in [0.1, 0.15) is 17.6 Å². The summed E-state index contributed by atoms with van der Waals surface area (Å²) in [4.78, 5) is 17.0. The van der Waals surface area contributed by atoms with Crippen LogP contribution in [0.2, 0.25) is 5.02 Å². The van der Waals surface area contributed by atoms with Crippen LogP contribution >= 0.6 is 11.6 Å². The molecule has 0 unspecified atom stereocenters. The Morgan fingerprint density at radius 1 is 1.23 bits per heavy atom. The van der Waals surface area contributed by atoms with E-state index in [9.17, 15) is 14.4 Å². The number of ether oxygens (including phenoxy) is 2. The van der Waals surface area contributed by atoms with Gasteiger partial charge in [0.25, 0.3) is 0 Å². The van der Waals surface area contributed by atoms with Gasteiger partial charge in [0.15, 0.2) is 0 Å². The van der Waals surface area contributed by atoms with Gasteiger partial charge >= 0.3 is 5.97 Å². The number of carbonyl (C=O) groups is 1. The molecule has 1 aromatic heterocycles. The molecule has 3 rings (SSSR count). The summed E-state index contributed by atoms with van der Waals surface area (Å²) in [5.74, 6) is -0.500. The van der Waals surface area contributed by atoms with E-state index in [1.54, 1.807) is 14.0 Å². The Kier molecular flexibility index (Phi) is 6.34. The maximum atomic E-state index is 13.6. The van der Waals surface area contributed by atoms with Crippen LogP contribution in [0.1, 0.15) is 32.9 Å². The Bertz CT molecular complexity index is 1170. The second-order valence-electron chi connectivity index (χ2n) is 6.52. The molecule has 0 aliphatic rings. The summed E-state index contributed by atoms with van der Waals surface area (Å²) in [5, 5.41) is 10.0. The molecular weight excluding hydrogens is 407 g/mol. The van der Waals surface area contributed by atoms with Gasteiger partial charge < -0.3 is 9.47 Å². The summed E-state index contributed by atoms with van der Waals surface area (Å²) in [6.45, 7) is 1.66. The van der Waals surface area contributed by atoms with Crippen LogP contribution in [-0.4, -0.2) is 25.2 Å². The number of aromatic nitrogens is 1. The Morgan fingerprint density at radius 3 is 2.63 bits per heavy atom. The largest absolute Gasteiger partial charge is 0.497 e. The molecule has 5 nitrogen and oxygen atoms in total. The van der Waals surface area contributed by atoms with Crippen molar-refractivity contribution in [3.8, 4) is 22.9 Å². The van der Waals surface area contributed by atoms with E-state index in [4.69, 9.17) is 21.1 Å². The molecule has 3 aromatic rings. The predicted octanol–water partition coefficient (Wildman–Crippen LogP) is 5.11. The highest BCUT2D eigenvalue weighted by molar-refractivity contribution is 6.33. The molecule has 0 amide bonds. The normalized spacial score (nSPS) is 10.4. The minimum Gasteiger partial charge on any atom is -0.497 e. The fourth-order valence-corrected chi connectivity index (χ4v) is 3.56. The lowest BCUT2D eigenvalue weighted by Crippen LogP contribution is -2.13. The molecule has 7 heteroatoms. The molecule has 0 saturated carbocycles. The number of methoxy groups -OCH3 is 2. The number of aryl methyl sites for hydroxylation is 1. The second kappa shape index (κ2) is 8.93. The van der Waals surface area contributed by atoms with E-state index in [2.05, 4.69) is 11.1 Å². The molecule has 0 N–H and O–H groups in total. The van der Waals surface area contributed by atoms with Crippen molar-refractivity contribution in [3.63, 3.8) is 0 Å². The zero-order valence-electron chi connectivity index (χ0n) is 16.6. The number of benzene rings is 2. The SMILES string of the molecule is COC(=O)c1c(C)nc(Cc2cccc(OC)c2)c(C#N)c1-c1ccc(F)cc1Cl. The van der Waals surface area contributed by atoms with Gasteiger partial charge in [-0.05, 0) is 42.8 Å². The molecule has 0 atom stereocenters. The van der Waals surface area contributed by atoms with E-state index < -0.39 is 11.8 Å². The minimum absolute atomic E-state index is 0.0783. The summed E-state index contributed by atoms with van der Waals surface area (Å²) in [6.07, 6.45) is 0.328. The fraction of sp³-hybridized carbons (Fsp3) is 0.174. The van der Waals surface area contributed by atoms with E-state index in [1.807, 2.05) is 24.3 Å². The van der Waals surface area contributed by atoms with Gasteiger partial charge in [0, 0.05) is 17.5 Å². The van der Waals surface area contributed by atoms with Crippen LogP contribution in [0.5, 0.6) is 5.75 Å². The van der Waals surface area contributed by atoms with Gasteiger partial charge in [0.2, 0.25) is 0 Å². The highest BCUT2D eigenvalue weighted by Crippen LogP contribution is 2.37. The van der Waals surface area contributed by atoms with Gasteiger partial charge in [-0.2, -0.15) is 5.26 Å². The monoisotopic (exact) mass is 424 g/mol. The average Bonchev–Trinajstić information content (AvgIpc) is 2.73. The van der Waals surface area contributed by atoms with Crippen molar-refractivity contribution in [2.45, 2.75) is 13.3 Å². The van der Waals surface area contributed by atoms with Crippen LogP contribution in [0, 0.1) is 24.1 Å². The van der Waals surface area contributed by atoms with E-state index in [0.29, 0.717) is 29.1 Å². The van der Waals surface area contributed by atoms with Crippen LogP contribution in [0.15, 0.2) is 42.5 Å². The molecule has 0 bridgehead atoms. The lowest BCUT2D eigenvalue weighted by molar-refractivity contribution is 0.0600. The molecule has 0 aliphatic heterocycles. The van der Waals surface area contributed by atoms with E-state index >= 15 is 0 Å². The standard InChI is InChI=1S/C23H18ClFN2O3/c1-13-21(23(28)30-3)22(17-8-7-15(25)11-19(17)24)18(12-26)20(27-13)10-14-5-4-6-16(9-14)29-2/h4-9,11H,10H2,1-3H3. The molecular formula is C23H18ClFN2O3. The van der Waals surface area contributed by atoms with Crippen molar-refractivity contribution in [3.05, 3.63) is 81.4 Å². The Balaban J connectivity index is 2.29. The quantitative estimate of drug-likeness (QED) is 0.532. The van der Waals surface area contributed by atoms with Gasteiger partial charge in [-0.3, -0.25) is 4.98 Å². The predicted molar refractivity (Wildman–Crippen MR) is 111 cm³/mol. The van der Waals surface area contributed by atoms with Crippen molar-refractivity contribution in [1.82, 2.24) is 4.98 Å². The molecule has 2 aromatic carbocycles. The Morgan fingerprint density at radius 2 is 2.00 bits per heavy atom. The summed E-state index contributed by atoms with van der Waals surface area (Å²) in [6, 6.07) is 13.3. The van der Waals surface area contributed by atoms with Gasteiger partial charge in [0.05, 0.1) is 41.8 Å². The number of nitrogens with zero attached hydrogens (tertiary/aromatic N) is 2. The number of hydrogen-bond acceptors (Lipinski definition) is 5. The summed E-state index contributed by atoms with van der Waals surface area (Å²) in [5.41, 5.74) is 2.65. The lowest BCUT2D eigenvalue weighted by atomic mass is 9.91. The van der Waals surface area contributed by atoms with Crippen LogP contribution in [0.4, 0.5) is 4.39 Å². The van der Waals surface area contributed by atoms with Crippen LogP contribution in [-0.2, 0) is 11.2 Å². The molecule has 0 radical (unpaired) electrons. The molecule has 0 fully saturated rings. The maximum absolute atomic E-state index is 13.6. The van der Waals surface area contributed by atoms with Crippen LogP contribution < -0.4 is 4.74 Å². The van der Waals surface area contributed by atoms with Gasteiger partial charge in [-0.25, -0.2) is 9.18 Å². The highest BCUT2D eigenvalue weighted by atomic mass is 35.5. The minimum atomic E-state index is -0.653. The topological polar surface area (TPSA) is 72.2 Å². The third-order valence-corrected chi connectivity index (χ3v) is 4.97. The first-order valence-electron chi connectivity index (χ1n) is 8.99. The molecule has 0 aliphatic carbocycles. The summed E-state index contributed by atoms with van der Waals surface area (Å²) in [7, 11) is 2.82. The maximum Gasteiger partial charge on any atom is 0.340 e. The summed E-state index contributed by atoms with van der Waals surface area (Å²) < 4.78 is 23.8. The van der Waals surface area contributed by atoms with Crippen molar-refractivity contribution in [2.24, 2.45) is 0 Å². The van der Waals surface area contributed by atoms with E-state index in [1.165, 1.54) is 19.2 Å². The third-order valence-electron chi connectivity index (χ3n) is 4.66. The zero-order chi connectivity index (χ0) is 21.8. The zero-order valence-corrected chi connectivity index (χ0v) is 17.4. The van der Waals surface area contributed by atoms with Gasteiger partial charge in [-0.15, -0.1) is 0 Å². The first kappa shape index (κ1) is 21.3. The molecule has 0 saturated heterocycles. The Hall–Kier alpha value is -3.43. The van der Waals surface area contributed by atoms with Gasteiger partial charge in [-0.1, -0.05) is 23.7 Å². The Labute approximate surface area is 178 Å². The molecule has 152 valence electrons. The lowest BCUT2D eigenvalue weighted by Gasteiger charge is -2.17. The second-order valence-corrected chi connectivity index (χ2v) is 6.93. The van der Waals surface area contributed by atoms with Crippen LogP contribution in [0.25, 0.3) is 11.1 Å². The highest BCUT2D eigenvalue weighted by Gasteiger charge is 2.26. The number of esters is 1. The number of pyridine rings is 1. The number of nitriles is 1. The molecule has 0 spiro atoms. The molecule has 30 heavy (non-hydrogen) atoms. The van der Waals surface area contributed by atoms with Crippen molar-refractivity contribution in [2.75, 3.05) is 14.2 Å². The van der Waals surface area contributed by atoms with E-state index in [-0.39, 0.29) is 21.7 Å². The van der Waals surface area contributed by atoms with E-state index in [0.717, 1.165) is 11.6 Å². The van der Waals surface area contributed by atoms with Crippen molar-refractivity contribution in [1.29, 1.82) is 5.26 Å². The van der Waals surface area contributed by atoms with Crippen LogP contribution in [0.3, 0.4) is 0 Å².